The van der Waals surface area contributed by atoms with Gasteiger partial charge in [-0.2, -0.15) is 0 Å². The smallest absolute Gasteiger partial charge is 0.147 e. The second-order valence-corrected chi connectivity index (χ2v) is 9.64. The number of likely N-dealkylation sites (N-methyl/N-ethyl adjacent to an activating group) is 1. The molecular formula is C18H18BrClN2O4Se. The molecule has 0 atom stereocenters. The quantitative estimate of drug-likeness (QED) is 0.423. The first-order chi connectivity index (χ1) is 12.4. The van der Waals surface area contributed by atoms with Crippen LogP contribution in [0.1, 0.15) is 14.8 Å². The zero-order chi connectivity index (χ0) is 18.4. The van der Waals surface area contributed by atoms with Gasteiger partial charge in [-0.15, -0.1) is 12.4 Å². The molecule has 4 rings (SSSR count). The third-order valence-electron chi connectivity index (χ3n) is 4.76. The molecule has 3 heterocycles. The van der Waals surface area contributed by atoms with Crippen molar-refractivity contribution in [2.75, 3.05) is 33.2 Å². The van der Waals surface area contributed by atoms with Crippen molar-refractivity contribution in [2.24, 2.45) is 0 Å². The maximum atomic E-state index is 12.0. The largest absolute Gasteiger partial charge is 0.147 e. The molecule has 0 bridgehead atoms. The Labute approximate surface area is 176 Å². The topological polar surface area (TPSA) is 74.0 Å². The van der Waals surface area contributed by atoms with Crippen LogP contribution in [0, 0.1) is 0 Å². The molecule has 9 heteroatoms. The zero-order valence-corrected chi connectivity index (χ0v) is 18.6. The van der Waals surface area contributed by atoms with Crippen LogP contribution in [-0.4, -0.2) is 68.6 Å². The first-order valence-electron chi connectivity index (χ1n) is 8.26. The normalized spacial score (nSPS) is 15.9. The number of benzene rings is 1. The van der Waals surface area contributed by atoms with Crippen LogP contribution in [-0.2, 0) is 6.54 Å². The maximum absolute atomic E-state index is 12.0. The molecule has 6 nitrogen and oxygen atoms in total. The summed E-state index contributed by atoms with van der Waals surface area (Å²) >= 11 is 3.77. The van der Waals surface area contributed by atoms with Crippen LogP contribution in [0.5, 0.6) is 0 Å². The first-order valence-corrected chi connectivity index (χ1v) is 10.8. The number of rotatable bonds is 3. The molecule has 1 fully saturated rings. The predicted molar refractivity (Wildman–Crippen MR) is 112 cm³/mol. The second kappa shape index (κ2) is 8.07. The molecule has 0 aliphatic carbocycles. The monoisotopic (exact) mass is 520 g/mol. The van der Waals surface area contributed by atoms with Gasteiger partial charge in [0.25, 0.3) is 0 Å². The molecule has 2 aromatic heterocycles. The van der Waals surface area contributed by atoms with Crippen molar-refractivity contribution < 1.29 is 14.3 Å². The number of halogens is 2. The summed E-state index contributed by atoms with van der Waals surface area (Å²) in [5.41, 5.74) is -0.603. The van der Waals surface area contributed by atoms with Gasteiger partial charge in [-0.1, -0.05) is 0 Å². The average molecular weight is 521 g/mol. The van der Waals surface area contributed by atoms with Crippen LogP contribution in [0.25, 0.3) is 20.6 Å². The van der Waals surface area contributed by atoms with Gasteiger partial charge in [-0.25, -0.2) is 0 Å². The van der Waals surface area contributed by atoms with Crippen LogP contribution in [0.2, 0.25) is 0 Å². The number of carbonyl (C=O) groups is 1. The Morgan fingerprint density at radius 1 is 1.30 bits per heavy atom. The Morgan fingerprint density at radius 3 is 2.67 bits per heavy atom. The van der Waals surface area contributed by atoms with Crippen LogP contribution in [0.3, 0.4) is 0 Å². The predicted octanol–water partition coefficient (Wildman–Crippen LogP) is 2.63. The number of fused-ring (bicyclic) bond motifs is 3. The Morgan fingerprint density at radius 2 is 2.00 bits per heavy atom. The standard InChI is InChI=1S/C18H17BrN2O4Se.ClH/c1-20-4-6-21(7-5-20)9-13-14(19)11-3-2-10-8-12(17(22)23)18(24)25-15(10)16(11)26-13;/h2-3,8H,4-7,9H2,1H3,(H,22,23);1H. The van der Waals surface area contributed by atoms with Gasteiger partial charge in [0.05, 0.1) is 0 Å². The summed E-state index contributed by atoms with van der Waals surface area (Å²) in [6.45, 7) is 5.14. The van der Waals surface area contributed by atoms with Gasteiger partial charge in [-0.3, -0.25) is 0 Å². The summed E-state index contributed by atoms with van der Waals surface area (Å²) in [7, 11) is 2.14. The van der Waals surface area contributed by atoms with E-state index < -0.39 is 11.6 Å². The van der Waals surface area contributed by atoms with Crippen LogP contribution in [0.15, 0.2) is 31.9 Å². The molecule has 0 spiro atoms. The first kappa shape index (κ1) is 20.6. The van der Waals surface area contributed by atoms with Crippen LogP contribution in [0.4, 0.5) is 0 Å². The average Bonchev–Trinajstić information content (AvgIpc) is 2.93. The fourth-order valence-corrected chi connectivity index (χ4v) is 6.95. The Bertz CT molecular complexity index is 1070. The summed E-state index contributed by atoms with van der Waals surface area (Å²) in [5, 5.41) is 10.8. The molecule has 1 aliphatic rings. The molecule has 0 amide bonds. The molecule has 27 heavy (non-hydrogen) atoms. The SMILES string of the molecule is CN1CCN(Cc2[se]c3c(ccc4cc(C(=O)O)c(=O)oc43)c2Br)CC1.Cl. The van der Waals surface area contributed by atoms with Crippen molar-refractivity contribution in [3.63, 3.8) is 0 Å². The number of carboxylic acid groups (broad SMARTS) is 1. The fourth-order valence-electron chi connectivity index (χ4n) is 3.21. The number of hydrogen-bond acceptors (Lipinski definition) is 5. The molecule has 1 saturated heterocycles. The van der Waals surface area contributed by atoms with Gasteiger partial charge in [0.15, 0.2) is 0 Å². The van der Waals surface area contributed by atoms with E-state index >= 15 is 0 Å². The minimum Gasteiger partial charge on any atom is -0.147 e. The molecule has 1 aliphatic heterocycles. The van der Waals surface area contributed by atoms with Crippen molar-refractivity contribution in [2.45, 2.75) is 6.54 Å². The van der Waals surface area contributed by atoms with E-state index in [4.69, 9.17) is 9.52 Å². The van der Waals surface area contributed by atoms with Gasteiger partial charge in [-0.05, 0) is 0 Å². The summed E-state index contributed by atoms with van der Waals surface area (Å²) in [4.78, 5) is 28.0. The van der Waals surface area contributed by atoms with E-state index in [1.165, 1.54) is 10.5 Å². The van der Waals surface area contributed by atoms with Gasteiger partial charge >= 0.3 is 164 Å². The van der Waals surface area contributed by atoms with Crippen LogP contribution >= 0.6 is 28.3 Å². The van der Waals surface area contributed by atoms with E-state index in [9.17, 15) is 9.59 Å². The molecule has 144 valence electrons. The van der Waals surface area contributed by atoms with Crippen LogP contribution < -0.4 is 5.63 Å². The van der Waals surface area contributed by atoms with E-state index in [0.717, 1.165) is 46.8 Å². The number of hydrogen-bond donors (Lipinski definition) is 1. The van der Waals surface area contributed by atoms with E-state index in [2.05, 4.69) is 32.8 Å². The minimum atomic E-state index is -1.26. The zero-order valence-electron chi connectivity index (χ0n) is 14.5. The molecule has 3 aromatic rings. The summed E-state index contributed by atoms with van der Waals surface area (Å²) < 4.78 is 8.83. The van der Waals surface area contributed by atoms with E-state index in [-0.39, 0.29) is 32.5 Å². The van der Waals surface area contributed by atoms with Crippen molar-refractivity contribution in [1.29, 1.82) is 0 Å². The van der Waals surface area contributed by atoms with Crippen molar-refractivity contribution >= 4 is 69.4 Å². The van der Waals surface area contributed by atoms with Crippen molar-refractivity contribution in [3.05, 3.63) is 43.1 Å². The number of carboxylic acids is 1. The Hall–Kier alpha value is -1.15. The minimum absolute atomic E-state index is 0. The second-order valence-electron chi connectivity index (χ2n) is 6.53. The van der Waals surface area contributed by atoms with Gasteiger partial charge in [0.2, 0.25) is 0 Å². The molecule has 0 saturated carbocycles. The third-order valence-corrected chi connectivity index (χ3v) is 8.75. The van der Waals surface area contributed by atoms with E-state index in [1.54, 1.807) is 0 Å². The summed E-state index contributed by atoms with van der Waals surface area (Å²) in [6, 6.07) is 5.21. The number of piperazine rings is 1. The molecule has 0 radical (unpaired) electrons. The fraction of sp³-hybridized carbons (Fsp3) is 0.333. The molecule has 1 aromatic carbocycles. The summed E-state index contributed by atoms with van der Waals surface area (Å²) in [6.07, 6.45) is 0. The Balaban J connectivity index is 0.00000210. The van der Waals surface area contributed by atoms with Crippen molar-refractivity contribution in [1.82, 2.24) is 9.80 Å². The summed E-state index contributed by atoms with van der Waals surface area (Å²) in [5.74, 6) is -1.26. The van der Waals surface area contributed by atoms with E-state index in [1.807, 2.05) is 12.1 Å². The number of nitrogens with zero attached hydrogens (tertiary/aromatic N) is 2. The molecule has 1 N–H and O–H groups in total. The van der Waals surface area contributed by atoms with Gasteiger partial charge < -0.3 is 0 Å². The van der Waals surface area contributed by atoms with E-state index in [0.29, 0.717) is 11.0 Å². The molecule has 0 unspecified atom stereocenters. The van der Waals surface area contributed by atoms with Gasteiger partial charge in [0, 0.05) is 0 Å². The number of aromatic carboxylic acids is 1. The maximum Gasteiger partial charge on any atom is -0.147 e. The Kier molecular flexibility index (Phi) is 6.15. The third kappa shape index (κ3) is 3.88. The van der Waals surface area contributed by atoms with Crippen molar-refractivity contribution in [3.8, 4) is 0 Å². The van der Waals surface area contributed by atoms with Gasteiger partial charge in [0.1, 0.15) is 0 Å². The molecular weight excluding hydrogens is 503 g/mol.